The first-order chi connectivity index (χ1) is 11.5. The normalized spacial score (nSPS) is 15.7. The van der Waals surface area contributed by atoms with E-state index in [0.29, 0.717) is 18.2 Å². The molecule has 1 amide bonds. The largest absolute Gasteiger partial charge is 0.342 e. The second-order valence-corrected chi connectivity index (χ2v) is 6.93. The van der Waals surface area contributed by atoms with E-state index in [-0.39, 0.29) is 5.91 Å². The summed E-state index contributed by atoms with van der Waals surface area (Å²) in [6, 6.07) is 5.83. The number of piperidine rings is 1. The summed E-state index contributed by atoms with van der Waals surface area (Å²) < 4.78 is 5.01. The van der Waals surface area contributed by atoms with Gasteiger partial charge in [0.25, 0.3) is 0 Å². The standard InChI is InChI=1S/C18H22ClN3O2/c1-12-3-4-15(9-16(12)19)11-18(23)22-7-5-14(6-8-22)10-17-20-13(2)24-21-17/h3-4,9,14H,5-8,10-11H2,1-2H3. The lowest BCUT2D eigenvalue weighted by atomic mass is 9.93. The van der Waals surface area contributed by atoms with Crippen LogP contribution in [0.1, 0.15) is 35.7 Å². The summed E-state index contributed by atoms with van der Waals surface area (Å²) in [7, 11) is 0. The predicted molar refractivity (Wildman–Crippen MR) is 91.9 cm³/mol. The number of hydrogen-bond donors (Lipinski definition) is 0. The van der Waals surface area contributed by atoms with E-state index < -0.39 is 0 Å². The third kappa shape index (κ3) is 4.15. The van der Waals surface area contributed by atoms with Crippen LogP contribution in [0.5, 0.6) is 0 Å². The van der Waals surface area contributed by atoms with Crippen molar-refractivity contribution in [3.05, 3.63) is 46.1 Å². The summed E-state index contributed by atoms with van der Waals surface area (Å²) in [6.07, 6.45) is 3.20. The molecule has 0 saturated carbocycles. The highest BCUT2D eigenvalue weighted by atomic mass is 35.5. The van der Waals surface area contributed by atoms with E-state index in [4.69, 9.17) is 16.1 Å². The molecule has 2 aromatic rings. The number of halogens is 1. The van der Waals surface area contributed by atoms with E-state index in [9.17, 15) is 4.79 Å². The fraction of sp³-hybridized carbons (Fsp3) is 0.500. The second-order valence-electron chi connectivity index (χ2n) is 6.52. The molecule has 24 heavy (non-hydrogen) atoms. The summed E-state index contributed by atoms with van der Waals surface area (Å²) in [5.74, 6) is 2.06. The lowest BCUT2D eigenvalue weighted by Gasteiger charge is -2.31. The number of likely N-dealkylation sites (tertiary alicyclic amines) is 1. The highest BCUT2D eigenvalue weighted by Gasteiger charge is 2.24. The Morgan fingerprint density at radius 3 is 2.71 bits per heavy atom. The van der Waals surface area contributed by atoms with Crippen molar-refractivity contribution in [1.82, 2.24) is 15.0 Å². The molecule has 6 heteroatoms. The van der Waals surface area contributed by atoms with Gasteiger partial charge in [0, 0.05) is 31.5 Å². The third-order valence-electron chi connectivity index (χ3n) is 4.60. The molecular weight excluding hydrogens is 326 g/mol. The quantitative estimate of drug-likeness (QED) is 0.850. The van der Waals surface area contributed by atoms with Gasteiger partial charge < -0.3 is 9.42 Å². The zero-order valence-corrected chi connectivity index (χ0v) is 14.8. The van der Waals surface area contributed by atoms with Gasteiger partial charge in [-0.2, -0.15) is 4.98 Å². The topological polar surface area (TPSA) is 59.2 Å². The van der Waals surface area contributed by atoms with Crippen molar-refractivity contribution in [2.75, 3.05) is 13.1 Å². The number of benzene rings is 1. The van der Waals surface area contributed by atoms with Crippen molar-refractivity contribution >= 4 is 17.5 Å². The van der Waals surface area contributed by atoms with Crippen molar-refractivity contribution in [2.45, 2.75) is 39.5 Å². The van der Waals surface area contributed by atoms with E-state index in [0.717, 1.165) is 54.3 Å². The molecule has 128 valence electrons. The minimum atomic E-state index is 0.170. The number of amides is 1. The summed E-state index contributed by atoms with van der Waals surface area (Å²) in [4.78, 5) is 18.7. The van der Waals surface area contributed by atoms with Gasteiger partial charge in [0.05, 0.1) is 6.42 Å². The smallest absolute Gasteiger partial charge is 0.226 e. The minimum absolute atomic E-state index is 0.170. The van der Waals surface area contributed by atoms with Crippen LogP contribution in [0.25, 0.3) is 0 Å². The highest BCUT2D eigenvalue weighted by Crippen LogP contribution is 2.22. The van der Waals surface area contributed by atoms with Crippen molar-refractivity contribution in [3.63, 3.8) is 0 Å². The molecule has 0 unspecified atom stereocenters. The van der Waals surface area contributed by atoms with Crippen LogP contribution in [0, 0.1) is 19.8 Å². The predicted octanol–water partition coefficient (Wildman–Crippen LogP) is 3.36. The van der Waals surface area contributed by atoms with Gasteiger partial charge in [-0.3, -0.25) is 4.79 Å². The second kappa shape index (κ2) is 7.34. The van der Waals surface area contributed by atoms with Crippen LogP contribution < -0.4 is 0 Å². The Bertz CT molecular complexity index is 721. The average Bonchev–Trinajstić information content (AvgIpc) is 2.96. The Balaban J connectivity index is 1.50. The number of carbonyl (C=O) groups is 1. The van der Waals surface area contributed by atoms with Gasteiger partial charge in [-0.1, -0.05) is 28.9 Å². The first kappa shape index (κ1) is 17.0. The third-order valence-corrected chi connectivity index (χ3v) is 5.01. The van der Waals surface area contributed by atoms with Gasteiger partial charge in [-0.05, 0) is 42.9 Å². The molecule has 0 bridgehead atoms. The van der Waals surface area contributed by atoms with Gasteiger partial charge in [0.2, 0.25) is 11.8 Å². The number of aryl methyl sites for hydroxylation is 2. The zero-order valence-electron chi connectivity index (χ0n) is 14.1. The number of hydrogen-bond acceptors (Lipinski definition) is 4. The Kier molecular flexibility index (Phi) is 5.19. The van der Waals surface area contributed by atoms with E-state index >= 15 is 0 Å². The maximum absolute atomic E-state index is 12.5. The Hall–Kier alpha value is -1.88. The Morgan fingerprint density at radius 2 is 2.08 bits per heavy atom. The van der Waals surface area contributed by atoms with Gasteiger partial charge in [0.1, 0.15) is 0 Å². The van der Waals surface area contributed by atoms with Crippen LogP contribution in [0.2, 0.25) is 5.02 Å². The average molecular weight is 348 g/mol. The SMILES string of the molecule is Cc1nc(CC2CCN(C(=O)Cc3ccc(C)c(Cl)c3)CC2)no1. The molecule has 0 spiro atoms. The van der Waals surface area contributed by atoms with E-state index in [1.807, 2.05) is 30.0 Å². The zero-order chi connectivity index (χ0) is 17.1. The molecule has 0 radical (unpaired) electrons. The summed E-state index contributed by atoms with van der Waals surface area (Å²) >= 11 is 6.14. The first-order valence-corrected chi connectivity index (χ1v) is 8.71. The molecule has 0 N–H and O–H groups in total. The molecule has 5 nitrogen and oxygen atoms in total. The molecule has 2 heterocycles. The van der Waals surface area contributed by atoms with Crippen molar-refractivity contribution in [2.24, 2.45) is 5.92 Å². The van der Waals surface area contributed by atoms with Crippen molar-refractivity contribution < 1.29 is 9.32 Å². The van der Waals surface area contributed by atoms with Gasteiger partial charge in [-0.15, -0.1) is 0 Å². The van der Waals surface area contributed by atoms with E-state index in [2.05, 4.69) is 10.1 Å². The maximum atomic E-state index is 12.5. The molecule has 1 aromatic heterocycles. The highest BCUT2D eigenvalue weighted by molar-refractivity contribution is 6.31. The first-order valence-electron chi connectivity index (χ1n) is 8.33. The Labute approximate surface area is 147 Å². The fourth-order valence-corrected chi connectivity index (χ4v) is 3.30. The van der Waals surface area contributed by atoms with Crippen LogP contribution >= 0.6 is 11.6 Å². The van der Waals surface area contributed by atoms with Gasteiger partial charge in [0.15, 0.2) is 5.82 Å². The molecule has 1 fully saturated rings. The lowest BCUT2D eigenvalue weighted by molar-refractivity contribution is -0.131. The molecular formula is C18H22ClN3O2. The number of nitrogens with zero attached hydrogens (tertiary/aromatic N) is 3. The molecule has 0 aliphatic carbocycles. The number of rotatable bonds is 4. The van der Waals surface area contributed by atoms with E-state index in [1.54, 1.807) is 6.92 Å². The molecule has 1 aliphatic heterocycles. The van der Waals surface area contributed by atoms with Crippen LogP contribution in [-0.4, -0.2) is 34.0 Å². The molecule has 3 rings (SSSR count). The molecule has 1 saturated heterocycles. The van der Waals surface area contributed by atoms with E-state index in [1.165, 1.54) is 0 Å². The molecule has 0 atom stereocenters. The van der Waals surface area contributed by atoms with Crippen LogP contribution in [0.3, 0.4) is 0 Å². The summed E-state index contributed by atoms with van der Waals surface area (Å²) in [5, 5.41) is 4.67. The Morgan fingerprint density at radius 1 is 1.33 bits per heavy atom. The number of aromatic nitrogens is 2. The number of carbonyl (C=O) groups excluding carboxylic acids is 1. The van der Waals surface area contributed by atoms with Crippen LogP contribution in [0.15, 0.2) is 22.7 Å². The van der Waals surface area contributed by atoms with Gasteiger partial charge >= 0.3 is 0 Å². The monoisotopic (exact) mass is 347 g/mol. The maximum Gasteiger partial charge on any atom is 0.226 e. The lowest BCUT2D eigenvalue weighted by Crippen LogP contribution is -2.39. The summed E-state index contributed by atoms with van der Waals surface area (Å²) in [5.41, 5.74) is 2.00. The van der Waals surface area contributed by atoms with Crippen LogP contribution in [0.4, 0.5) is 0 Å². The minimum Gasteiger partial charge on any atom is -0.342 e. The van der Waals surface area contributed by atoms with Crippen molar-refractivity contribution in [1.29, 1.82) is 0 Å². The van der Waals surface area contributed by atoms with Crippen molar-refractivity contribution in [3.8, 4) is 0 Å². The fourth-order valence-electron chi connectivity index (χ4n) is 3.10. The summed E-state index contributed by atoms with van der Waals surface area (Å²) in [6.45, 7) is 5.35. The molecule has 1 aliphatic rings. The molecule has 1 aromatic carbocycles. The van der Waals surface area contributed by atoms with Gasteiger partial charge in [-0.25, -0.2) is 0 Å². The van der Waals surface area contributed by atoms with Crippen LogP contribution in [-0.2, 0) is 17.6 Å².